The zero-order valence-corrected chi connectivity index (χ0v) is 12.3. The minimum Gasteiger partial charge on any atom is -0.440 e. The molecule has 0 bridgehead atoms. The molecule has 1 heterocycles. The Balaban J connectivity index is 2.43. The van der Waals surface area contributed by atoms with Gasteiger partial charge in [0.2, 0.25) is 0 Å². The maximum absolute atomic E-state index is 11.7. The molecular weight excluding hydrogens is 305 g/mol. The maximum Gasteiger partial charge on any atom is 0.287 e. The highest BCUT2D eigenvalue weighted by molar-refractivity contribution is 9.09. The van der Waals surface area contributed by atoms with Gasteiger partial charge in [-0.15, -0.1) is 0 Å². The molecule has 0 fully saturated rings. The van der Waals surface area contributed by atoms with Crippen molar-refractivity contribution in [3.05, 3.63) is 23.1 Å². The van der Waals surface area contributed by atoms with Crippen LogP contribution < -0.4 is 5.32 Å². The Kier molecular flexibility index (Phi) is 6.06. The first-order valence-electron chi connectivity index (χ1n) is 5.76. The van der Waals surface area contributed by atoms with E-state index in [0.29, 0.717) is 12.5 Å². The summed E-state index contributed by atoms with van der Waals surface area (Å²) in [4.78, 5) is 12.0. The monoisotopic (exact) mass is 321 g/mol. The first-order valence-corrected chi connectivity index (χ1v) is 7.05. The highest BCUT2D eigenvalue weighted by Crippen LogP contribution is 2.19. The molecule has 1 aromatic rings. The number of amides is 1. The van der Waals surface area contributed by atoms with Crippen LogP contribution in [0.25, 0.3) is 0 Å². The van der Waals surface area contributed by atoms with Gasteiger partial charge in [0, 0.05) is 11.4 Å². The first-order chi connectivity index (χ1) is 8.08. The second-order valence-corrected chi connectivity index (χ2v) is 5.46. The van der Waals surface area contributed by atoms with Crippen molar-refractivity contribution in [2.75, 3.05) is 6.54 Å². The lowest BCUT2D eigenvalue weighted by atomic mass is 9.99. The van der Waals surface area contributed by atoms with E-state index in [1.165, 1.54) is 0 Å². The van der Waals surface area contributed by atoms with Gasteiger partial charge >= 0.3 is 0 Å². The third-order valence-corrected chi connectivity index (χ3v) is 4.09. The Morgan fingerprint density at radius 3 is 2.59 bits per heavy atom. The maximum atomic E-state index is 11.7. The standard InChI is InChI=1S/C12H17BrClNO2/c1-3-8(4-2)9(13)7-15-12(16)10-5-6-11(14)17-10/h5-6,8-9H,3-4,7H2,1-2H3,(H,15,16). The number of furan rings is 1. The van der Waals surface area contributed by atoms with Crippen LogP contribution in [0.5, 0.6) is 0 Å². The van der Waals surface area contributed by atoms with Crippen molar-refractivity contribution in [3.8, 4) is 0 Å². The number of hydrogen-bond acceptors (Lipinski definition) is 2. The molecular formula is C12H17BrClNO2. The van der Waals surface area contributed by atoms with Gasteiger partial charge in [0.05, 0.1) is 0 Å². The Morgan fingerprint density at radius 2 is 2.12 bits per heavy atom. The van der Waals surface area contributed by atoms with Gasteiger partial charge in [-0.1, -0.05) is 42.6 Å². The molecule has 1 aromatic heterocycles. The van der Waals surface area contributed by atoms with E-state index in [9.17, 15) is 4.79 Å². The molecule has 0 aliphatic rings. The van der Waals surface area contributed by atoms with Gasteiger partial charge in [0.1, 0.15) is 0 Å². The highest BCUT2D eigenvalue weighted by Gasteiger charge is 2.17. The summed E-state index contributed by atoms with van der Waals surface area (Å²) < 4.78 is 5.03. The smallest absolute Gasteiger partial charge is 0.287 e. The lowest BCUT2D eigenvalue weighted by Crippen LogP contribution is -2.32. The van der Waals surface area contributed by atoms with Crippen LogP contribution in [0.4, 0.5) is 0 Å². The molecule has 1 amide bonds. The van der Waals surface area contributed by atoms with E-state index in [0.717, 1.165) is 12.8 Å². The summed E-state index contributed by atoms with van der Waals surface area (Å²) in [6.45, 7) is 4.89. The summed E-state index contributed by atoms with van der Waals surface area (Å²) in [5.74, 6) is 0.585. The van der Waals surface area contributed by atoms with Crippen LogP contribution in [0.3, 0.4) is 0 Å². The van der Waals surface area contributed by atoms with E-state index in [1.807, 2.05) is 0 Å². The van der Waals surface area contributed by atoms with Crippen LogP contribution in [0, 0.1) is 5.92 Å². The number of carbonyl (C=O) groups excluding carboxylic acids is 1. The number of carbonyl (C=O) groups is 1. The molecule has 0 aliphatic carbocycles. The van der Waals surface area contributed by atoms with Gasteiger partial charge in [-0.2, -0.15) is 0 Å². The van der Waals surface area contributed by atoms with Crippen molar-refractivity contribution in [2.24, 2.45) is 5.92 Å². The molecule has 5 heteroatoms. The second-order valence-electron chi connectivity index (χ2n) is 3.91. The molecule has 1 atom stereocenters. The summed E-state index contributed by atoms with van der Waals surface area (Å²) in [6.07, 6.45) is 2.18. The van der Waals surface area contributed by atoms with E-state index in [2.05, 4.69) is 35.1 Å². The minimum absolute atomic E-state index is 0.227. The summed E-state index contributed by atoms with van der Waals surface area (Å²) in [6, 6.07) is 3.13. The quantitative estimate of drug-likeness (QED) is 0.808. The molecule has 3 nitrogen and oxygen atoms in total. The number of hydrogen-bond donors (Lipinski definition) is 1. The lowest BCUT2D eigenvalue weighted by Gasteiger charge is -2.19. The van der Waals surface area contributed by atoms with Gasteiger partial charge in [-0.3, -0.25) is 4.79 Å². The number of alkyl halides is 1. The van der Waals surface area contributed by atoms with E-state index < -0.39 is 0 Å². The van der Waals surface area contributed by atoms with Crippen molar-refractivity contribution < 1.29 is 9.21 Å². The Labute approximate surface area is 115 Å². The van der Waals surface area contributed by atoms with Crippen molar-refractivity contribution in [1.29, 1.82) is 0 Å². The third kappa shape index (κ3) is 4.36. The molecule has 96 valence electrons. The zero-order chi connectivity index (χ0) is 12.8. The summed E-state index contributed by atoms with van der Waals surface area (Å²) in [7, 11) is 0. The largest absolute Gasteiger partial charge is 0.440 e. The number of rotatable bonds is 6. The fourth-order valence-electron chi connectivity index (χ4n) is 1.68. The average molecular weight is 323 g/mol. The number of halogens is 2. The lowest BCUT2D eigenvalue weighted by molar-refractivity contribution is 0.0924. The minimum atomic E-state index is -0.229. The SMILES string of the molecule is CCC(CC)C(Br)CNC(=O)c1ccc(Cl)o1. The molecule has 0 aromatic carbocycles. The van der Waals surface area contributed by atoms with Crippen LogP contribution in [-0.2, 0) is 0 Å². The molecule has 0 saturated carbocycles. The van der Waals surface area contributed by atoms with Gasteiger partial charge in [0.25, 0.3) is 5.91 Å². The molecule has 1 rings (SSSR count). The normalized spacial score (nSPS) is 12.8. The highest BCUT2D eigenvalue weighted by atomic mass is 79.9. The van der Waals surface area contributed by atoms with E-state index >= 15 is 0 Å². The molecule has 0 spiro atoms. The van der Waals surface area contributed by atoms with E-state index in [-0.39, 0.29) is 21.7 Å². The predicted molar refractivity (Wildman–Crippen MR) is 72.8 cm³/mol. The molecule has 0 saturated heterocycles. The number of nitrogens with one attached hydrogen (secondary N) is 1. The van der Waals surface area contributed by atoms with Crippen LogP contribution in [-0.4, -0.2) is 17.3 Å². The summed E-state index contributed by atoms with van der Waals surface area (Å²) in [5, 5.41) is 3.05. The summed E-state index contributed by atoms with van der Waals surface area (Å²) in [5.41, 5.74) is 0. The first kappa shape index (κ1) is 14.6. The van der Waals surface area contributed by atoms with Gasteiger partial charge in [-0.05, 0) is 29.7 Å². The second kappa shape index (κ2) is 7.07. The Bertz CT molecular complexity index is 363. The van der Waals surface area contributed by atoms with Crippen molar-refractivity contribution in [2.45, 2.75) is 31.5 Å². The zero-order valence-electron chi connectivity index (χ0n) is 10.0. The van der Waals surface area contributed by atoms with Crippen LogP contribution in [0.1, 0.15) is 37.2 Å². The topological polar surface area (TPSA) is 42.2 Å². The van der Waals surface area contributed by atoms with Crippen molar-refractivity contribution in [3.63, 3.8) is 0 Å². The average Bonchev–Trinajstić information content (AvgIpc) is 2.74. The summed E-state index contributed by atoms with van der Waals surface area (Å²) >= 11 is 9.21. The Hall–Kier alpha value is -0.480. The molecule has 1 unspecified atom stereocenters. The van der Waals surface area contributed by atoms with Gasteiger partial charge < -0.3 is 9.73 Å². The van der Waals surface area contributed by atoms with E-state index in [1.54, 1.807) is 12.1 Å². The molecule has 0 radical (unpaired) electrons. The molecule has 17 heavy (non-hydrogen) atoms. The van der Waals surface area contributed by atoms with Crippen molar-refractivity contribution in [1.82, 2.24) is 5.32 Å². The van der Waals surface area contributed by atoms with Gasteiger partial charge in [0.15, 0.2) is 11.0 Å². The van der Waals surface area contributed by atoms with Crippen LogP contribution in [0.2, 0.25) is 5.22 Å². The third-order valence-electron chi connectivity index (χ3n) is 2.81. The predicted octanol–water partition coefficient (Wildman–Crippen LogP) is 3.86. The fourth-order valence-corrected chi connectivity index (χ4v) is 2.74. The Morgan fingerprint density at radius 1 is 1.47 bits per heavy atom. The fraction of sp³-hybridized carbons (Fsp3) is 0.583. The van der Waals surface area contributed by atoms with Gasteiger partial charge in [-0.25, -0.2) is 0 Å². The van der Waals surface area contributed by atoms with Crippen molar-refractivity contribution >= 4 is 33.4 Å². The van der Waals surface area contributed by atoms with Crippen LogP contribution in [0.15, 0.2) is 16.5 Å². The molecule has 0 aliphatic heterocycles. The molecule has 1 N–H and O–H groups in total. The van der Waals surface area contributed by atoms with Crippen LogP contribution >= 0.6 is 27.5 Å². The van der Waals surface area contributed by atoms with E-state index in [4.69, 9.17) is 16.0 Å².